The van der Waals surface area contributed by atoms with Crippen molar-refractivity contribution in [3.63, 3.8) is 0 Å². The van der Waals surface area contributed by atoms with Crippen LogP contribution in [-0.2, 0) is 21.1 Å². The lowest BCUT2D eigenvalue weighted by atomic mass is 10.1. The van der Waals surface area contributed by atoms with Crippen molar-refractivity contribution in [1.29, 1.82) is 0 Å². The molecule has 2 aromatic heterocycles. The number of benzene rings is 1. The molecule has 0 radical (unpaired) electrons. The molecular formula is C18H18N4O4. The van der Waals surface area contributed by atoms with Crippen molar-refractivity contribution in [3.05, 3.63) is 72.7 Å². The van der Waals surface area contributed by atoms with Crippen LogP contribution in [0.4, 0.5) is 5.69 Å². The number of hydrogen-bond donors (Lipinski definition) is 1. The van der Waals surface area contributed by atoms with Crippen LogP contribution in [0, 0.1) is 6.92 Å². The van der Waals surface area contributed by atoms with Gasteiger partial charge in [-0.1, -0.05) is 18.2 Å². The standard InChI is InChI=1S/C18H18N4O4/c1-10-7-5-6-8-12(10)19-15(24)11-9-13(23)20(2)16-14(11)17(25)22(4)18(26)21(16)3/h5-9H,1-4H3,(H,19,24). The van der Waals surface area contributed by atoms with Crippen LogP contribution < -0.4 is 22.1 Å². The molecule has 0 bridgehead atoms. The minimum atomic E-state index is -0.631. The number of aryl methyl sites for hydroxylation is 3. The third kappa shape index (κ3) is 2.55. The van der Waals surface area contributed by atoms with Crippen LogP contribution in [0.5, 0.6) is 0 Å². The Morgan fingerprint density at radius 1 is 0.962 bits per heavy atom. The monoisotopic (exact) mass is 354 g/mol. The Morgan fingerprint density at radius 3 is 2.27 bits per heavy atom. The third-order valence-electron chi connectivity index (χ3n) is 4.46. The van der Waals surface area contributed by atoms with Crippen molar-refractivity contribution < 1.29 is 4.79 Å². The maximum atomic E-state index is 12.8. The first-order valence-corrected chi connectivity index (χ1v) is 7.90. The highest BCUT2D eigenvalue weighted by Gasteiger charge is 2.21. The lowest BCUT2D eigenvalue weighted by Crippen LogP contribution is -2.40. The zero-order chi connectivity index (χ0) is 19.2. The number of aromatic nitrogens is 3. The number of para-hydroxylation sites is 1. The molecule has 0 aliphatic carbocycles. The summed E-state index contributed by atoms with van der Waals surface area (Å²) < 4.78 is 3.28. The van der Waals surface area contributed by atoms with Gasteiger partial charge in [-0.15, -0.1) is 0 Å². The summed E-state index contributed by atoms with van der Waals surface area (Å²) in [7, 11) is 4.23. The van der Waals surface area contributed by atoms with Crippen LogP contribution in [-0.4, -0.2) is 19.6 Å². The molecule has 0 aliphatic rings. The maximum Gasteiger partial charge on any atom is 0.332 e. The van der Waals surface area contributed by atoms with Crippen LogP contribution in [0.3, 0.4) is 0 Å². The second kappa shape index (κ2) is 6.14. The normalized spacial score (nSPS) is 10.9. The van der Waals surface area contributed by atoms with E-state index in [1.54, 1.807) is 12.1 Å². The first-order chi connectivity index (χ1) is 12.2. The molecular weight excluding hydrogens is 336 g/mol. The Balaban J connectivity index is 2.34. The smallest absolute Gasteiger partial charge is 0.322 e. The molecule has 3 aromatic rings. The van der Waals surface area contributed by atoms with Gasteiger partial charge in [-0.3, -0.25) is 28.1 Å². The molecule has 0 saturated heterocycles. The van der Waals surface area contributed by atoms with Crippen molar-refractivity contribution in [2.24, 2.45) is 21.1 Å². The molecule has 1 amide bonds. The molecule has 2 heterocycles. The van der Waals surface area contributed by atoms with Gasteiger partial charge in [-0.25, -0.2) is 4.79 Å². The van der Waals surface area contributed by atoms with Gasteiger partial charge in [0.25, 0.3) is 17.0 Å². The maximum absolute atomic E-state index is 12.8. The molecule has 0 spiro atoms. The highest BCUT2D eigenvalue weighted by Crippen LogP contribution is 2.17. The quantitative estimate of drug-likeness (QED) is 0.725. The van der Waals surface area contributed by atoms with Gasteiger partial charge in [0.05, 0.1) is 10.9 Å². The van der Waals surface area contributed by atoms with Crippen LogP contribution >= 0.6 is 0 Å². The third-order valence-corrected chi connectivity index (χ3v) is 4.46. The number of rotatable bonds is 2. The van der Waals surface area contributed by atoms with E-state index in [1.807, 2.05) is 19.1 Å². The van der Waals surface area contributed by atoms with E-state index >= 15 is 0 Å². The Hall–Kier alpha value is -3.42. The van der Waals surface area contributed by atoms with Crippen LogP contribution in [0.2, 0.25) is 0 Å². The van der Waals surface area contributed by atoms with Gasteiger partial charge in [0, 0.05) is 32.9 Å². The molecule has 1 aromatic carbocycles. The predicted octanol–water partition coefficient (Wildman–Crippen LogP) is 0.497. The van der Waals surface area contributed by atoms with Crippen LogP contribution in [0.15, 0.2) is 44.7 Å². The number of pyridine rings is 1. The van der Waals surface area contributed by atoms with Crippen LogP contribution in [0.1, 0.15) is 15.9 Å². The van der Waals surface area contributed by atoms with Gasteiger partial charge in [0.1, 0.15) is 5.65 Å². The first kappa shape index (κ1) is 17.4. The predicted molar refractivity (Wildman–Crippen MR) is 98.8 cm³/mol. The minimum Gasteiger partial charge on any atom is -0.322 e. The van der Waals surface area contributed by atoms with Gasteiger partial charge >= 0.3 is 5.69 Å². The van der Waals surface area contributed by atoms with E-state index in [2.05, 4.69) is 5.32 Å². The molecule has 0 aliphatic heterocycles. The summed E-state index contributed by atoms with van der Waals surface area (Å²) in [6.45, 7) is 1.83. The first-order valence-electron chi connectivity index (χ1n) is 7.90. The van der Waals surface area contributed by atoms with Gasteiger partial charge in [-0.05, 0) is 18.6 Å². The lowest BCUT2D eigenvalue weighted by Gasteiger charge is -2.14. The number of fused-ring (bicyclic) bond motifs is 1. The van der Waals surface area contributed by atoms with Gasteiger partial charge in [-0.2, -0.15) is 0 Å². The molecule has 8 heteroatoms. The van der Waals surface area contributed by atoms with E-state index in [1.165, 1.54) is 30.3 Å². The number of carbonyl (C=O) groups excluding carboxylic acids is 1. The zero-order valence-electron chi connectivity index (χ0n) is 14.9. The highest BCUT2D eigenvalue weighted by molar-refractivity contribution is 6.12. The number of hydrogen-bond acceptors (Lipinski definition) is 4. The second-order valence-electron chi connectivity index (χ2n) is 6.13. The van der Waals surface area contributed by atoms with Crippen molar-refractivity contribution >= 4 is 22.6 Å². The molecule has 1 N–H and O–H groups in total. The Labute approximate surface area is 147 Å². The van der Waals surface area contributed by atoms with Crippen molar-refractivity contribution in [2.75, 3.05) is 5.32 Å². The molecule has 0 fully saturated rings. The molecule has 0 atom stereocenters. The minimum absolute atomic E-state index is 0.0165. The van der Waals surface area contributed by atoms with E-state index < -0.39 is 22.7 Å². The summed E-state index contributed by atoms with van der Waals surface area (Å²) in [5.74, 6) is -0.585. The van der Waals surface area contributed by atoms with Crippen molar-refractivity contribution in [2.45, 2.75) is 6.92 Å². The van der Waals surface area contributed by atoms with E-state index in [9.17, 15) is 19.2 Å². The van der Waals surface area contributed by atoms with Gasteiger partial charge in [0.2, 0.25) is 0 Å². The Kier molecular flexibility index (Phi) is 4.11. The van der Waals surface area contributed by atoms with Gasteiger partial charge < -0.3 is 5.32 Å². The second-order valence-corrected chi connectivity index (χ2v) is 6.13. The van der Waals surface area contributed by atoms with E-state index in [-0.39, 0.29) is 16.6 Å². The number of amides is 1. The summed E-state index contributed by atoms with van der Waals surface area (Å²) >= 11 is 0. The summed E-state index contributed by atoms with van der Waals surface area (Å²) in [5, 5.41) is 2.74. The van der Waals surface area contributed by atoms with Gasteiger partial charge in [0.15, 0.2) is 0 Å². The number of nitrogens with zero attached hydrogens (tertiary/aromatic N) is 3. The molecule has 0 unspecified atom stereocenters. The van der Waals surface area contributed by atoms with Crippen molar-refractivity contribution in [3.8, 4) is 0 Å². The summed E-state index contributed by atoms with van der Waals surface area (Å²) in [6, 6.07) is 8.28. The Morgan fingerprint density at radius 2 is 1.62 bits per heavy atom. The topological polar surface area (TPSA) is 95.1 Å². The van der Waals surface area contributed by atoms with E-state index in [4.69, 9.17) is 0 Å². The fourth-order valence-electron chi connectivity index (χ4n) is 2.94. The molecule has 26 heavy (non-hydrogen) atoms. The Bertz CT molecular complexity index is 1230. The highest BCUT2D eigenvalue weighted by atomic mass is 16.2. The number of anilines is 1. The molecule has 0 saturated carbocycles. The zero-order valence-corrected chi connectivity index (χ0v) is 14.9. The SMILES string of the molecule is Cc1ccccc1NC(=O)c1cc(=O)n(C)c2c1c(=O)n(C)c(=O)n2C. The summed E-state index contributed by atoms with van der Waals surface area (Å²) in [6.07, 6.45) is 0. The number of carbonyl (C=O) groups is 1. The molecule has 3 rings (SSSR count). The van der Waals surface area contributed by atoms with Crippen LogP contribution in [0.25, 0.3) is 11.0 Å². The molecule has 134 valence electrons. The summed E-state index contributed by atoms with van der Waals surface area (Å²) in [5.41, 5.74) is -0.247. The number of nitrogens with one attached hydrogen (secondary N) is 1. The fourth-order valence-corrected chi connectivity index (χ4v) is 2.94. The van der Waals surface area contributed by atoms with Crippen molar-refractivity contribution in [1.82, 2.24) is 13.7 Å². The average molecular weight is 354 g/mol. The largest absolute Gasteiger partial charge is 0.332 e. The molecule has 8 nitrogen and oxygen atoms in total. The van der Waals surface area contributed by atoms with E-state index in [0.717, 1.165) is 16.2 Å². The average Bonchev–Trinajstić information content (AvgIpc) is 2.61. The van der Waals surface area contributed by atoms with E-state index in [0.29, 0.717) is 5.69 Å². The lowest BCUT2D eigenvalue weighted by molar-refractivity contribution is 0.102. The summed E-state index contributed by atoms with van der Waals surface area (Å²) in [4.78, 5) is 50.0. The fraction of sp³-hybridized carbons (Fsp3) is 0.222.